The van der Waals surface area contributed by atoms with Gasteiger partial charge in [0.2, 0.25) is 0 Å². The Morgan fingerprint density at radius 2 is 1.71 bits per heavy atom. The Labute approximate surface area is 126 Å². The second-order valence-electron chi connectivity index (χ2n) is 4.52. The van der Waals surface area contributed by atoms with E-state index >= 15 is 0 Å². The van der Waals surface area contributed by atoms with E-state index in [1.165, 1.54) is 11.3 Å². The molecule has 0 aliphatic rings. The molecule has 0 bridgehead atoms. The quantitative estimate of drug-likeness (QED) is 0.804. The fraction of sp³-hybridized carbons (Fsp3) is 0.0625. The predicted molar refractivity (Wildman–Crippen MR) is 82.5 cm³/mol. The number of nitrogens with zero attached hydrogens (tertiary/aromatic N) is 3. The van der Waals surface area contributed by atoms with E-state index in [1.54, 1.807) is 12.1 Å². The highest BCUT2D eigenvalue weighted by atomic mass is 32.1. The van der Waals surface area contributed by atoms with E-state index in [0.717, 1.165) is 21.1 Å². The second-order valence-corrected chi connectivity index (χ2v) is 5.53. The molecule has 102 valence electrons. The molecule has 2 aromatic carbocycles. The van der Waals surface area contributed by atoms with Crippen LogP contribution in [0.1, 0.15) is 22.2 Å². The number of nitriles is 1. The summed E-state index contributed by atoms with van der Waals surface area (Å²) in [6, 6.07) is 18.9. The highest BCUT2D eigenvalue weighted by Crippen LogP contribution is 2.28. The molecule has 0 radical (unpaired) electrons. The smallest absolute Gasteiger partial charge is 0.147 e. The first-order valence-electron chi connectivity index (χ1n) is 6.42. The molecule has 0 saturated heterocycles. The molecule has 0 spiro atoms. The Bertz CT molecular complexity index is 772. The summed E-state index contributed by atoms with van der Waals surface area (Å²) < 4.78 is 0. The number of rotatable bonds is 3. The van der Waals surface area contributed by atoms with Crippen LogP contribution in [0.4, 0.5) is 0 Å². The number of aromatic nitrogens is 2. The van der Waals surface area contributed by atoms with Gasteiger partial charge in [-0.2, -0.15) is 5.26 Å². The summed E-state index contributed by atoms with van der Waals surface area (Å²) in [5.74, 6) is 0. The molecular formula is C16H12N4S. The average Bonchev–Trinajstić information content (AvgIpc) is 3.05. The van der Waals surface area contributed by atoms with Crippen molar-refractivity contribution in [1.29, 1.82) is 5.26 Å². The molecule has 4 nitrogen and oxygen atoms in total. The summed E-state index contributed by atoms with van der Waals surface area (Å²) in [5.41, 5.74) is 8.80. The monoisotopic (exact) mass is 292 g/mol. The van der Waals surface area contributed by atoms with Crippen LogP contribution in [0.15, 0.2) is 54.6 Å². The van der Waals surface area contributed by atoms with Gasteiger partial charge in [0.1, 0.15) is 10.0 Å². The lowest BCUT2D eigenvalue weighted by atomic mass is 10.1. The van der Waals surface area contributed by atoms with Crippen molar-refractivity contribution in [3.63, 3.8) is 0 Å². The van der Waals surface area contributed by atoms with Crippen molar-refractivity contribution in [2.24, 2.45) is 5.73 Å². The highest BCUT2D eigenvalue weighted by Gasteiger charge is 2.15. The largest absolute Gasteiger partial charge is 0.318 e. The maximum absolute atomic E-state index is 8.81. The lowest BCUT2D eigenvalue weighted by Gasteiger charge is -2.06. The van der Waals surface area contributed by atoms with Gasteiger partial charge in [0.05, 0.1) is 17.7 Å². The van der Waals surface area contributed by atoms with E-state index < -0.39 is 0 Å². The minimum Gasteiger partial charge on any atom is -0.318 e. The number of hydrogen-bond acceptors (Lipinski definition) is 5. The zero-order valence-corrected chi connectivity index (χ0v) is 11.9. The molecule has 3 aromatic rings. The normalized spacial score (nSPS) is 11.8. The SMILES string of the molecule is N#Cc1ccc(-c2nnc(C(N)c3ccccc3)s2)cc1. The van der Waals surface area contributed by atoms with Crippen LogP contribution >= 0.6 is 11.3 Å². The molecule has 21 heavy (non-hydrogen) atoms. The van der Waals surface area contributed by atoms with E-state index in [4.69, 9.17) is 11.0 Å². The van der Waals surface area contributed by atoms with Crippen LogP contribution in [0.2, 0.25) is 0 Å². The van der Waals surface area contributed by atoms with Crippen molar-refractivity contribution in [3.05, 3.63) is 70.7 Å². The zero-order valence-electron chi connectivity index (χ0n) is 11.1. The number of hydrogen-bond donors (Lipinski definition) is 1. The first-order chi connectivity index (χ1) is 10.3. The van der Waals surface area contributed by atoms with E-state index in [-0.39, 0.29) is 6.04 Å². The minimum atomic E-state index is -0.268. The standard InChI is InChI=1S/C16H12N4S/c17-10-11-6-8-13(9-7-11)15-19-20-16(21-15)14(18)12-4-2-1-3-5-12/h1-9,14H,18H2. The molecule has 5 heteroatoms. The first kappa shape index (κ1) is 13.4. The molecule has 1 aromatic heterocycles. The van der Waals surface area contributed by atoms with Crippen LogP contribution in [0, 0.1) is 11.3 Å². The Hall–Kier alpha value is -2.55. The second kappa shape index (κ2) is 5.83. The third-order valence-electron chi connectivity index (χ3n) is 3.13. The highest BCUT2D eigenvalue weighted by molar-refractivity contribution is 7.14. The summed E-state index contributed by atoms with van der Waals surface area (Å²) in [6.45, 7) is 0. The van der Waals surface area contributed by atoms with Crippen molar-refractivity contribution < 1.29 is 0 Å². The van der Waals surface area contributed by atoms with Gasteiger partial charge in [-0.05, 0) is 17.7 Å². The van der Waals surface area contributed by atoms with Crippen LogP contribution in [-0.2, 0) is 0 Å². The van der Waals surface area contributed by atoms with Gasteiger partial charge >= 0.3 is 0 Å². The van der Waals surface area contributed by atoms with Crippen molar-refractivity contribution in [3.8, 4) is 16.6 Å². The maximum Gasteiger partial charge on any atom is 0.147 e. The topological polar surface area (TPSA) is 75.6 Å². The van der Waals surface area contributed by atoms with Gasteiger partial charge in [0.15, 0.2) is 0 Å². The summed E-state index contributed by atoms with van der Waals surface area (Å²) in [7, 11) is 0. The summed E-state index contributed by atoms with van der Waals surface area (Å²) in [4.78, 5) is 0. The van der Waals surface area contributed by atoms with E-state index in [2.05, 4.69) is 16.3 Å². The fourth-order valence-corrected chi connectivity index (χ4v) is 2.85. The van der Waals surface area contributed by atoms with Gasteiger partial charge < -0.3 is 5.73 Å². The van der Waals surface area contributed by atoms with Crippen molar-refractivity contribution in [1.82, 2.24) is 10.2 Å². The Morgan fingerprint density at radius 1 is 1.00 bits per heavy atom. The lowest BCUT2D eigenvalue weighted by molar-refractivity contribution is 0.831. The molecular weight excluding hydrogens is 280 g/mol. The maximum atomic E-state index is 8.81. The molecule has 3 rings (SSSR count). The number of benzene rings is 2. The molecule has 0 amide bonds. The van der Waals surface area contributed by atoms with Crippen molar-refractivity contribution in [2.75, 3.05) is 0 Å². The summed E-state index contributed by atoms with van der Waals surface area (Å²) in [5, 5.41) is 18.8. The van der Waals surface area contributed by atoms with Crippen molar-refractivity contribution in [2.45, 2.75) is 6.04 Å². The molecule has 0 fully saturated rings. The molecule has 1 unspecified atom stereocenters. The van der Waals surface area contributed by atoms with Gasteiger partial charge in [0.25, 0.3) is 0 Å². The predicted octanol–water partition coefficient (Wildman–Crippen LogP) is 3.12. The summed E-state index contributed by atoms with van der Waals surface area (Å²) >= 11 is 1.47. The Morgan fingerprint density at radius 3 is 2.38 bits per heavy atom. The van der Waals surface area contributed by atoms with Crippen LogP contribution in [0.3, 0.4) is 0 Å². The third-order valence-corrected chi connectivity index (χ3v) is 4.18. The molecule has 0 aliphatic heterocycles. The fourth-order valence-electron chi connectivity index (χ4n) is 1.97. The zero-order chi connectivity index (χ0) is 14.7. The van der Waals surface area contributed by atoms with Crippen LogP contribution in [-0.4, -0.2) is 10.2 Å². The van der Waals surface area contributed by atoms with Crippen LogP contribution < -0.4 is 5.73 Å². The molecule has 0 saturated carbocycles. The van der Waals surface area contributed by atoms with E-state index in [0.29, 0.717) is 5.56 Å². The van der Waals surface area contributed by atoms with E-state index in [9.17, 15) is 0 Å². The minimum absolute atomic E-state index is 0.268. The molecule has 2 N–H and O–H groups in total. The third kappa shape index (κ3) is 2.82. The van der Waals surface area contributed by atoms with Gasteiger partial charge in [-0.3, -0.25) is 0 Å². The van der Waals surface area contributed by atoms with E-state index in [1.807, 2.05) is 42.5 Å². The Kier molecular flexibility index (Phi) is 3.73. The van der Waals surface area contributed by atoms with Crippen LogP contribution in [0.25, 0.3) is 10.6 Å². The van der Waals surface area contributed by atoms with Crippen LogP contribution in [0.5, 0.6) is 0 Å². The van der Waals surface area contributed by atoms with Gasteiger partial charge in [-0.25, -0.2) is 0 Å². The molecule has 0 aliphatic carbocycles. The van der Waals surface area contributed by atoms with Crippen molar-refractivity contribution >= 4 is 11.3 Å². The first-order valence-corrected chi connectivity index (χ1v) is 7.24. The molecule has 1 atom stereocenters. The molecule has 1 heterocycles. The van der Waals surface area contributed by atoms with Gasteiger partial charge in [-0.1, -0.05) is 53.8 Å². The van der Waals surface area contributed by atoms with Gasteiger partial charge in [0, 0.05) is 5.56 Å². The summed E-state index contributed by atoms with van der Waals surface area (Å²) in [6.07, 6.45) is 0. The lowest BCUT2D eigenvalue weighted by Crippen LogP contribution is -2.11. The number of nitrogens with two attached hydrogens (primary N) is 1. The van der Waals surface area contributed by atoms with Gasteiger partial charge in [-0.15, -0.1) is 10.2 Å². The Balaban J connectivity index is 1.87. The average molecular weight is 292 g/mol.